The minimum absolute atomic E-state index is 0.0951. The van der Waals surface area contributed by atoms with Gasteiger partial charge in [-0.15, -0.1) is 11.3 Å². The van der Waals surface area contributed by atoms with Gasteiger partial charge in [0.05, 0.1) is 18.6 Å². The first-order valence-electron chi connectivity index (χ1n) is 10.2. The van der Waals surface area contributed by atoms with E-state index in [0.29, 0.717) is 29.2 Å². The van der Waals surface area contributed by atoms with Crippen LogP contribution in [0, 0.1) is 6.92 Å². The van der Waals surface area contributed by atoms with Crippen LogP contribution in [0.3, 0.4) is 0 Å². The lowest BCUT2D eigenvalue weighted by Gasteiger charge is -2.33. The number of carbonyl (C=O) groups excluding carboxylic acids is 2. The summed E-state index contributed by atoms with van der Waals surface area (Å²) in [5, 5.41) is 3.95. The van der Waals surface area contributed by atoms with Gasteiger partial charge in [-0.05, 0) is 57.0 Å². The molecule has 0 saturated heterocycles. The van der Waals surface area contributed by atoms with E-state index in [1.807, 2.05) is 26.0 Å². The first kappa shape index (κ1) is 21.7. The smallest absolute Gasteiger partial charge is 0.336 e. The number of methoxy groups -OCH3 is 1. The molecule has 162 valence electrons. The van der Waals surface area contributed by atoms with Crippen molar-refractivity contribution >= 4 is 34.7 Å². The van der Waals surface area contributed by atoms with Gasteiger partial charge in [0.2, 0.25) is 0 Å². The van der Waals surface area contributed by atoms with Crippen LogP contribution in [0.15, 0.2) is 52.9 Å². The van der Waals surface area contributed by atoms with Gasteiger partial charge in [0.25, 0.3) is 0 Å². The molecule has 0 spiro atoms. The maximum Gasteiger partial charge on any atom is 0.336 e. The molecule has 0 saturated carbocycles. The molecule has 7 heteroatoms. The number of thiophene rings is 1. The van der Waals surface area contributed by atoms with Crippen LogP contribution >= 0.6 is 22.9 Å². The van der Waals surface area contributed by atoms with Crippen LogP contribution in [0.25, 0.3) is 0 Å². The lowest BCUT2D eigenvalue weighted by Crippen LogP contribution is -2.33. The summed E-state index contributed by atoms with van der Waals surface area (Å²) in [5.74, 6) is 0.00366. The number of esters is 1. The standard InChI is InChI=1S/C24H24ClNO4S/c1-13-21(24(28)29-3)23(22-18(26-13)5-4-6-19(22)27)20-11-15(14(2)31-20)12-30-17-9-7-16(25)8-10-17/h7-11,23,26H,4-6,12H2,1-3H3. The molecule has 0 bridgehead atoms. The number of rotatable bonds is 5. The number of ketones is 1. The summed E-state index contributed by atoms with van der Waals surface area (Å²) in [6.45, 7) is 4.29. The zero-order chi connectivity index (χ0) is 22.1. The number of halogens is 1. The van der Waals surface area contributed by atoms with Gasteiger partial charge in [-0.25, -0.2) is 4.79 Å². The number of aryl methyl sites for hydroxylation is 1. The van der Waals surface area contributed by atoms with Gasteiger partial charge in [-0.2, -0.15) is 0 Å². The molecule has 2 aliphatic rings. The highest BCUT2D eigenvalue weighted by molar-refractivity contribution is 7.12. The number of hydrogen-bond acceptors (Lipinski definition) is 6. The first-order chi connectivity index (χ1) is 14.9. The van der Waals surface area contributed by atoms with E-state index in [1.165, 1.54) is 7.11 Å². The summed E-state index contributed by atoms with van der Waals surface area (Å²) >= 11 is 7.53. The maximum absolute atomic E-state index is 12.9. The summed E-state index contributed by atoms with van der Waals surface area (Å²) in [7, 11) is 1.37. The van der Waals surface area contributed by atoms with Gasteiger partial charge in [0, 0.05) is 43.7 Å². The Bertz CT molecular complexity index is 1100. The minimum atomic E-state index is -0.413. The van der Waals surface area contributed by atoms with Crippen molar-refractivity contribution in [3.05, 3.63) is 73.2 Å². The highest BCUT2D eigenvalue weighted by Crippen LogP contribution is 2.45. The Hall–Kier alpha value is -2.57. The fourth-order valence-corrected chi connectivity index (χ4v) is 5.45. The van der Waals surface area contributed by atoms with Crippen LogP contribution in [0.5, 0.6) is 5.75 Å². The first-order valence-corrected chi connectivity index (χ1v) is 11.4. The molecule has 4 rings (SSSR count). The van der Waals surface area contributed by atoms with Crippen molar-refractivity contribution in [1.29, 1.82) is 0 Å². The highest BCUT2D eigenvalue weighted by Gasteiger charge is 2.39. The molecular formula is C24H24ClNO4S. The Labute approximate surface area is 190 Å². The molecule has 1 aromatic carbocycles. The molecule has 1 aliphatic heterocycles. The third kappa shape index (κ3) is 4.27. The molecule has 0 radical (unpaired) electrons. The highest BCUT2D eigenvalue weighted by atomic mass is 35.5. The predicted molar refractivity (Wildman–Crippen MR) is 121 cm³/mol. The number of allylic oxidation sites excluding steroid dienone is 3. The summed E-state index contributed by atoms with van der Waals surface area (Å²) in [5.41, 5.74) is 3.90. The number of carbonyl (C=O) groups is 2. The van der Waals surface area contributed by atoms with Crippen LogP contribution in [-0.2, 0) is 20.9 Å². The number of benzene rings is 1. The molecule has 0 amide bonds. The lowest BCUT2D eigenvalue weighted by atomic mass is 9.78. The summed E-state index contributed by atoms with van der Waals surface area (Å²) < 4.78 is 11.0. The van der Waals surface area contributed by atoms with E-state index in [9.17, 15) is 9.59 Å². The molecule has 1 aromatic heterocycles. The summed E-state index contributed by atoms with van der Waals surface area (Å²) in [6.07, 6.45) is 2.13. The van der Waals surface area contributed by atoms with E-state index in [1.54, 1.807) is 23.5 Å². The molecule has 0 fully saturated rings. The number of Topliss-reactive ketones (excluding diaryl/α,β-unsaturated/α-hetero) is 1. The molecule has 2 aromatic rings. The largest absolute Gasteiger partial charge is 0.489 e. The number of ether oxygens (including phenoxy) is 2. The molecule has 5 nitrogen and oxygen atoms in total. The Balaban J connectivity index is 1.69. The number of nitrogens with one attached hydrogen (secondary N) is 1. The average Bonchev–Trinajstić information content (AvgIpc) is 3.12. The summed E-state index contributed by atoms with van der Waals surface area (Å²) in [6, 6.07) is 9.29. The fraction of sp³-hybridized carbons (Fsp3) is 0.333. The Morgan fingerprint density at radius 2 is 1.97 bits per heavy atom. The third-order valence-electron chi connectivity index (χ3n) is 5.71. The predicted octanol–water partition coefficient (Wildman–Crippen LogP) is 5.43. The molecule has 2 heterocycles. The second-order valence-corrected chi connectivity index (χ2v) is 9.45. The van der Waals surface area contributed by atoms with E-state index in [-0.39, 0.29) is 5.78 Å². The lowest BCUT2D eigenvalue weighted by molar-refractivity contribution is -0.136. The van der Waals surface area contributed by atoms with Crippen molar-refractivity contribution in [2.45, 2.75) is 45.6 Å². The molecule has 1 aliphatic carbocycles. The van der Waals surface area contributed by atoms with Crippen LogP contribution in [0.4, 0.5) is 0 Å². The van der Waals surface area contributed by atoms with Gasteiger partial charge in [-0.3, -0.25) is 4.79 Å². The Morgan fingerprint density at radius 3 is 2.68 bits per heavy atom. The Kier molecular flexibility index (Phi) is 6.21. The molecule has 1 unspecified atom stereocenters. The zero-order valence-corrected chi connectivity index (χ0v) is 19.3. The van der Waals surface area contributed by atoms with Crippen LogP contribution in [-0.4, -0.2) is 18.9 Å². The van der Waals surface area contributed by atoms with Crippen molar-refractivity contribution in [1.82, 2.24) is 5.32 Å². The normalized spacial score (nSPS) is 18.6. The van der Waals surface area contributed by atoms with E-state index in [2.05, 4.69) is 11.4 Å². The second-order valence-electron chi connectivity index (χ2n) is 7.73. The van der Waals surface area contributed by atoms with Crippen molar-refractivity contribution in [2.24, 2.45) is 0 Å². The van der Waals surface area contributed by atoms with Gasteiger partial charge in [0.15, 0.2) is 5.78 Å². The second kappa shape index (κ2) is 8.89. The number of hydrogen-bond donors (Lipinski definition) is 1. The monoisotopic (exact) mass is 457 g/mol. The van der Waals surface area contributed by atoms with E-state index in [0.717, 1.165) is 45.3 Å². The Morgan fingerprint density at radius 1 is 1.23 bits per heavy atom. The average molecular weight is 458 g/mol. The van der Waals surface area contributed by atoms with Crippen LogP contribution in [0.2, 0.25) is 5.02 Å². The maximum atomic E-state index is 12.9. The fourth-order valence-electron chi connectivity index (χ4n) is 4.17. The molecule has 1 atom stereocenters. The summed E-state index contributed by atoms with van der Waals surface area (Å²) in [4.78, 5) is 27.6. The van der Waals surface area contributed by atoms with Gasteiger partial charge in [0.1, 0.15) is 12.4 Å². The van der Waals surface area contributed by atoms with Crippen LogP contribution < -0.4 is 10.1 Å². The zero-order valence-electron chi connectivity index (χ0n) is 17.7. The third-order valence-corrected chi connectivity index (χ3v) is 7.12. The molecule has 31 heavy (non-hydrogen) atoms. The van der Waals surface area contributed by atoms with E-state index < -0.39 is 11.9 Å². The molecular weight excluding hydrogens is 434 g/mol. The van der Waals surface area contributed by atoms with E-state index in [4.69, 9.17) is 21.1 Å². The quantitative estimate of drug-likeness (QED) is 0.606. The van der Waals surface area contributed by atoms with Gasteiger partial charge in [-0.1, -0.05) is 11.6 Å². The minimum Gasteiger partial charge on any atom is -0.489 e. The van der Waals surface area contributed by atoms with Crippen molar-refractivity contribution in [3.8, 4) is 5.75 Å². The number of dihydropyridines is 1. The topological polar surface area (TPSA) is 64.6 Å². The SMILES string of the molecule is COC(=O)C1=C(C)NC2=C(C(=O)CCC2)C1c1cc(COc2ccc(Cl)cc2)c(C)s1. The van der Waals surface area contributed by atoms with Crippen molar-refractivity contribution < 1.29 is 19.1 Å². The van der Waals surface area contributed by atoms with Gasteiger partial charge < -0.3 is 14.8 Å². The van der Waals surface area contributed by atoms with Gasteiger partial charge >= 0.3 is 5.97 Å². The van der Waals surface area contributed by atoms with Crippen molar-refractivity contribution in [2.75, 3.05) is 7.11 Å². The van der Waals surface area contributed by atoms with Crippen LogP contribution in [0.1, 0.15) is 47.4 Å². The molecule has 1 N–H and O–H groups in total. The van der Waals surface area contributed by atoms with Crippen molar-refractivity contribution in [3.63, 3.8) is 0 Å². The van der Waals surface area contributed by atoms with E-state index >= 15 is 0 Å².